The van der Waals surface area contributed by atoms with Gasteiger partial charge in [0.25, 0.3) is 0 Å². The van der Waals surface area contributed by atoms with Gasteiger partial charge in [0.1, 0.15) is 0 Å². The molecular formula is C11H24N2O2S. The number of nitrogens with one attached hydrogen (secondary N) is 1. The van der Waals surface area contributed by atoms with E-state index in [1.165, 1.54) is 6.26 Å². The molecule has 0 radical (unpaired) electrons. The quantitative estimate of drug-likeness (QED) is 0.807. The monoisotopic (exact) mass is 248 g/mol. The molecule has 1 aliphatic rings. The van der Waals surface area contributed by atoms with Crippen molar-refractivity contribution in [3.8, 4) is 0 Å². The van der Waals surface area contributed by atoms with Crippen LogP contribution in [0, 0.1) is 11.8 Å². The molecule has 1 N–H and O–H groups in total. The van der Waals surface area contributed by atoms with E-state index in [0.717, 1.165) is 6.54 Å². The molecule has 2 unspecified atom stereocenters. The number of hydrogen-bond donors (Lipinski definition) is 1. The molecule has 0 amide bonds. The molecule has 1 fully saturated rings. The largest absolute Gasteiger partial charge is 0.311 e. The minimum atomic E-state index is -3.09. The molecule has 1 aliphatic heterocycles. The Balaban J connectivity index is 2.86. The average molecular weight is 248 g/mol. The van der Waals surface area contributed by atoms with Crippen LogP contribution in [0.25, 0.3) is 0 Å². The smallest absolute Gasteiger partial charge is 0.211 e. The van der Waals surface area contributed by atoms with Gasteiger partial charge in [-0.25, -0.2) is 8.42 Å². The summed E-state index contributed by atoms with van der Waals surface area (Å²) >= 11 is 0. The van der Waals surface area contributed by atoms with Crippen molar-refractivity contribution in [3.63, 3.8) is 0 Å². The summed E-state index contributed by atoms with van der Waals surface area (Å²) in [5.41, 5.74) is 0. The Labute approximate surface area is 99.5 Å². The van der Waals surface area contributed by atoms with Gasteiger partial charge in [0.2, 0.25) is 10.0 Å². The highest BCUT2D eigenvalue weighted by atomic mass is 32.2. The maximum atomic E-state index is 11.8. The molecule has 96 valence electrons. The predicted octanol–water partition coefficient (Wildman–Crippen LogP) is 0.900. The van der Waals surface area contributed by atoms with Crippen molar-refractivity contribution in [3.05, 3.63) is 0 Å². The number of nitrogens with zero attached hydrogens (tertiary/aromatic N) is 1. The van der Waals surface area contributed by atoms with Crippen molar-refractivity contribution in [2.45, 2.75) is 39.8 Å². The molecule has 0 bridgehead atoms. The van der Waals surface area contributed by atoms with Crippen LogP contribution in [-0.2, 0) is 10.0 Å². The molecule has 4 nitrogen and oxygen atoms in total. The van der Waals surface area contributed by atoms with Gasteiger partial charge in [-0.05, 0) is 11.8 Å². The summed E-state index contributed by atoms with van der Waals surface area (Å²) in [6, 6.07) is 0.356. The second-order valence-electron chi connectivity index (χ2n) is 5.40. The third-order valence-electron chi connectivity index (χ3n) is 3.34. The molecule has 0 aromatic heterocycles. The van der Waals surface area contributed by atoms with Crippen LogP contribution in [0.5, 0.6) is 0 Å². The lowest BCUT2D eigenvalue weighted by atomic mass is 9.96. The third kappa shape index (κ3) is 3.18. The van der Waals surface area contributed by atoms with Crippen molar-refractivity contribution < 1.29 is 8.42 Å². The molecule has 0 spiro atoms. The van der Waals surface area contributed by atoms with E-state index in [1.54, 1.807) is 4.31 Å². The topological polar surface area (TPSA) is 49.4 Å². The van der Waals surface area contributed by atoms with Crippen LogP contribution in [-0.4, -0.2) is 44.2 Å². The highest BCUT2D eigenvalue weighted by Gasteiger charge is 2.35. The lowest BCUT2D eigenvalue weighted by Gasteiger charge is -2.42. The Bertz CT molecular complexity index is 325. The maximum Gasteiger partial charge on any atom is 0.211 e. The molecule has 1 heterocycles. The van der Waals surface area contributed by atoms with E-state index in [-0.39, 0.29) is 12.1 Å². The summed E-state index contributed by atoms with van der Waals surface area (Å²) in [5.74, 6) is 0.799. The van der Waals surface area contributed by atoms with E-state index in [1.807, 2.05) is 0 Å². The van der Waals surface area contributed by atoms with Crippen molar-refractivity contribution >= 4 is 10.0 Å². The van der Waals surface area contributed by atoms with Crippen LogP contribution in [0.3, 0.4) is 0 Å². The van der Waals surface area contributed by atoms with E-state index < -0.39 is 10.0 Å². The zero-order chi connectivity index (χ0) is 12.5. The Kier molecular flexibility index (Phi) is 4.37. The summed E-state index contributed by atoms with van der Waals surface area (Å²) in [5, 5.41) is 3.45. The highest BCUT2D eigenvalue weighted by Crippen LogP contribution is 2.20. The third-order valence-corrected chi connectivity index (χ3v) is 4.61. The van der Waals surface area contributed by atoms with Gasteiger partial charge in [-0.2, -0.15) is 4.31 Å². The fourth-order valence-corrected chi connectivity index (χ4v) is 3.41. The lowest BCUT2D eigenvalue weighted by Crippen LogP contribution is -2.60. The number of rotatable bonds is 3. The van der Waals surface area contributed by atoms with Crippen molar-refractivity contribution in [2.75, 3.05) is 19.3 Å². The summed E-state index contributed by atoms with van der Waals surface area (Å²) in [7, 11) is -3.09. The van der Waals surface area contributed by atoms with Crippen LogP contribution in [0.4, 0.5) is 0 Å². The van der Waals surface area contributed by atoms with E-state index in [4.69, 9.17) is 0 Å². The van der Waals surface area contributed by atoms with Gasteiger partial charge in [-0.3, -0.25) is 0 Å². The number of hydrogen-bond acceptors (Lipinski definition) is 3. The SMILES string of the molecule is CC(C)C1CN(S(C)(=O)=O)C(C(C)C)CN1. The normalized spacial score (nSPS) is 28.9. The second kappa shape index (κ2) is 5.02. The first-order valence-corrected chi connectivity index (χ1v) is 7.78. The number of piperazine rings is 1. The molecule has 2 atom stereocenters. The first-order valence-electron chi connectivity index (χ1n) is 5.93. The standard InChI is InChI=1S/C11H24N2O2S/c1-8(2)10-7-13(16(5,14)15)11(6-12-10)9(3)4/h8-12H,6-7H2,1-5H3. The predicted molar refractivity (Wildman–Crippen MR) is 66.8 cm³/mol. The van der Waals surface area contributed by atoms with Crippen LogP contribution in [0.2, 0.25) is 0 Å². The van der Waals surface area contributed by atoms with E-state index in [2.05, 4.69) is 33.0 Å². The van der Waals surface area contributed by atoms with Crippen LogP contribution in [0.15, 0.2) is 0 Å². The first kappa shape index (κ1) is 13.9. The zero-order valence-electron chi connectivity index (χ0n) is 10.9. The fraction of sp³-hybridized carbons (Fsp3) is 1.00. The fourth-order valence-electron chi connectivity index (χ4n) is 2.16. The van der Waals surface area contributed by atoms with Crippen LogP contribution >= 0.6 is 0 Å². The molecular weight excluding hydrogens is 224 g/mol. The van der Waals surface area contributed by atoms with Crippen molar-refractivity contribution in [1.29, 1.82) is 0 Å². The van der Waals surface area contributed by atoms with Gasteiger partial charge in [-0.15, -0.1) is 0 Å². The Morgan fingerprint density at radius 3 is 2.12 bits per heavy atom. The van der Waals surface area contributed by atoms with Gasteiger partial charge >= 0.3 is 0 Å². The van der Waals surface area contributed by atoms with Gasteiger partial charge in [0, 0.05) is 25.2 Å². The minimum absolute atomic E-state index is 0.0880. The van der Waals surface area contributed by atoms with E-state index in [9.17, 15) is 8.42 Å². The molecule has 0 aliphatic carbocycles. The summed E-state index contributed by atoms with van der Waals surface area (Å²) in [6.45, 7) is 9.73. The molecule has 1 rings (SSSR count). The lowest BCUT2D eigenvalue weighted by molar-refractivity contribution is 0.163. The highest BCUT2D eigenvalue weighted by molar-refractivity contribution is 7.88. The van der Waals surface area contributed by atoms with Crippen molar-refractivity contribution in [2.24, 2.45) is 11.8 Å². The Morgan fingerprint density at radius 2 is 1.75 bits per heavy atom. The van der Waals surface area contributed by atoms with E-state index >= 15 is 0 Å². The Morgan fingerprint density at radius 1 is 1.19 bits per heavy atom. The van der Waals surface area contributed by atoms with Gasteiger partial charge in [0.05, 0.1) is 6.26 Å². The van der Waals surface area contributed by atoms with Gasteiger partial charge in [-0.1, -0.05) is 27.7 Å². The van der Waals surface area contributed by atoms with E-state index in [0.29, 0.717) is 18.4 Å². The van der Waals surface area contributed by atoms with Gasteiger partial charge in [0.15, 0.2) is 0 Å². The molecule has 16 heavy (non-hydrogen) atoms. The summed E-state index contributed by atoms with van der Waals surface area (Å²) in [6.07, 6.45) is 1.31. The Hall–Kier alpha value is -0.130. The average Bonchev–Trinajstić information content (AvgIpc) is 2.15. The first-order chi connectivity index (χ1) is 7.23. The molecule has 5 heteroatoms. The molecule has 0 saturated carbocycles. The molecule has 1 saturated heterocycles. The minimum Gasteiger partial charge on any atom is -0.311 e. The van der Waals surface area contributed by atoms with Crippen LogP contribution in [0.1, 0.15) is 27.7 Å². The summed E-state index contributed by atoms with van der Waals surface area (Å²) < 4.78 is 25.2. The second-order valence-corrected chi connectivity index (χ2v) is 7.34. The molecule has 0 aromatic carbocycles. The van der Waals surface area contributed by atoms with Crippen molar-refractivity contribution in [1.82, 2.24) is 9.62 Å². The molecule has 0 aromatic rings. The van der Waals surface area contributed by atoms with Gasteiger partial charge < -0.3 is 5.32 Å². The maximum absolute atomic E-state index is 11.8. The summed E-state index contributed by atoms with van der Waals surface area (Å²) in [4.78, 5) is 0. The number of sulfonamides is 1. The van der Waals surface area contributed by atoms with Crippen LogP contribution < -0.4 is 5.32 Å². The zero-order valence-corrected chi connectivity index (χ0v) is 11.7.